The number of aryl methyl sites for hydroxylation is 1. The number of nitrogens with one attached hydrogen (secondary N) is 2. The van der Waals surface area contributed by atoms with Crippen LogP contribution in [0.25, 0.3) is 0 Å². The Balaban J connectivity index is 1.60. The summed E-state index contributed by atoms with van der Waals surface area (Å²) in [5, 5.41) is 9.29. The molecule has 156 valence electrons. The van der Waals surface area contributed by atoms with Crippen molar-refractivity contribution >= 4 is 23.2 Å². The van der Waals surface area contributed by atoms with Crippen LogP contribution in [0.4, 0.5) is 15.8 Å². The van der Waals surface area contributed by atoms with Crippen LogP contribution in [0, 0.1) is 5.82 Å². The Morgan fingerprint density at radius 2 is 2.00 bits per heavy atom. The summed E-state index contributed by atoms with van der Waals surface area (Å²) in [6, 6.07) is 10.6. The van der Waals surface area contributed by atoms with Gasteiger partial charge in [0.25, 0.3) is 5.91 Å². The predicted octanol–water partition coefficient (Wildman–Crippen LogP) is 3.49. The van der Waals surface area contributed by atoms with E-state index in [1.165, 1.54) is 18.5 Å². The minimum absolute atomic E-state index is 0.0923. The highest BCUT2D eigenvalue weighted by atomic mass is 19.1. The van der Waals surface area contributed by atoms with Gasteiger partial charge >= 0.3 is 0 Å². The number of aromatic nitrogens is 3. The Morgan fingerprint density at radius 3 is 2.77 bits per heavy atom. The van der Waals surface area contributed by atoms with Crippen molar-refractivity contribution in [3.05, 3.63) is 66.5 Å². The predicted molar refractivity (Wildman–Crippen MR) is 110 cm³/mol. The van der Waals surface area contributed by atoms with Gasteiger partial charge in [-0.1, -0.05) is 6.07 Å². The number of rotatable bonds is 9. The first-order valence-corrected chi connectivity index (χ1v) is 9.50. The Labute approximate surface area is 173 Å². The van der Waals surface area contributed by atoms with Gasteiger partial charge in [-0.2, -0.15) is 5.10 Å². The van der Waals surface area contributed by atoms with Crippen molar-refractivity contribution in [1.29, 1.82) is 0 Å². The van der Waals surface area contributed by atoms with Crippen LogP contribution in [-0.2, 0) is 11.3 Å². The van der Waals surface area contributed by atoms with Crippen molar-refractivity contribution in [2.45, 2.75) is 26.3 Å². The third-order valence-electron chi connectivity index (χ3n) is 4.10. The van der Waals surface area contributed by atoms with Crippen molar-refractivity contribution in [3.63, 3.8) is 0 Å². The standard InChI is InChI=1S/C21H22FN5O3/c1-2-30-19-6-3-5-17(12-19)26-21(29)15-9-16(22)11-18(10-15)25-20(28)7-4-8-27-14-23-13-24-27/h3,5-6,9-14H,2,4,7-8H2,1H3,(H,25,28)(H,26,29). The molecule has 1 aromatic heterocycles. The Kier molecular flexibility index (Phi) is 7.09. The summed E-state index contributed by atoms with van der Waals surface area (Å²) < 4.78 is 21.0. The number of halogens is 1. The number of benzene rings is 2. The summed E-state index contributed by atoms with van der Waals surface area (Å²) >= 11 is 0. The zero-order chi connectivity index (χ0) is 21.3. The minimum Gasteiger partial charge on any atom is -0.494 e. The van der Waals surface area contributed by atoms with Gasteiger partial charge in [0.05, 0.1) is 6.61 Å². The molecule has 3 rings (SSSR count). The third kappa shape index (κ3) is 6.13. The fraction of sp³-hybridized carbons (Fsp3) is 0.238. The van der Waals surface area contributed by atoms with Gasteiger partial charge in [-0.25, -0.2) is 9.37 Å². The van der Waals surface area contributed by atoms with Crippen LogP contribution in [0.3, 0.4) is 0 Å². The lowest BCUT2D eigenvalue weighted by Gasteiger charge is -2.10. The van der Waals surface area contributed by atoms with E-state index in [4.69, 9.17) is 4.74 Å². The van der Waals surface area contributed by atoms with Crippen LogP contribution in [0.2, 0.25) is 0 Å². The first kappa shape index (κ1) is 21.0. The molecule has 8 nitrogen and oxygen atoms in total. The average molecular weight is 411 g/mol. The van der Waals surface area contributed by atoms with Gasteiger partial charge in [0.1, 0.15) is 24.2 Å². The first-order valence-electron chi connectivity index (χ1n) is 9.50. The third-order valence-corrected chi connectivity index (χ3v) is 4.10. The Bertz CT molecular complexity index is 1010. The van der Waals surface area contributed by atoms with E-state index in [2.05, 4.69) is 20.7 Å². The summed E-state index contributed by atoms with van der Waals surface area (Å²) in [5.41, 5.74) is 0.831. The van der Waals surface area contributed by atoms with Crippen LogP contribution in [-0.4, -0.2) is 33.2 Å². The van der Waals surface area contributed by atoms with Crippen LogP contribution in [0.15, 0.2) is 55.1 Å². The van der Waals surface area contributed by atoms with Crippen molar-refractivity contribution in [1.82, 2.24) is 14.8 Å². The lowest BCUT2D eigenvalue weighted by Crippen LogP contribution is -2.15. The quantitative estimate of drug-likeness (QED) is 0.562. The second-order valence-electron chi connectivity index (χ2n) is 6.45. The van der Waals surface area contributed by atoms with E-state index < -0.39 is 11.7 Å². The van der Waals surface area contributed by atoms with Gasteiger partial charge in [0.15, 0.2) is 0 Å². The number of hydrogen-bond acceptors (Lipinski definition) is 5. The molecule has 2 amide bonds. The molecule has 1 heterocycles. The van der Waals surface area contributed by atoms with E-state index in [-0.39, 0.29) is 23.6 Å². The highest BCUT2D eigenvalue weighted by Crippen LogP contribution is 2.20. The average Bonchev–Trinajstić information content (AvgIpc) is 3.21. The smallest absolute Gasteiger partial charge is 0.255 e. The van der Waals surface area contributed by atoms with Gasteiger partial charge in [-0.15, -0.1) is 0 Å². The lowest BCUT2D eigenvalue weighted by molar-refractivity contribution is -0.116. The Hall–Kier alpha value is -3.75. The fourth-order valence-electron chi connectivity index (χ4n) is 2.80. The maximum Gasteiger partial charge on any atom is 0.255 e. The molecule has 0 bridgehead atoms. The SMILES string of the molecule is CCOc1cccc(NC(=O)c2cc(F)cc(NC(=O)CCCn3cncn3)c2)c1. The summed E-state index contributed by atoms with van der Waals surface area (Å²) in [7, 11) is 0. The molecule has 0 spiro atoms. The number of hydrogen-bond donors (Lipinski definition) is 2. The second-order valence-corrected chi connectivity index (χ2v) is 6.45. The zero-order valence-corrected chi connectivity index (χ0v) is 16.5. The molecule has 0 saturated carbocycles. The number of ether oxygens (including phenoxy) is 1. The van der Waals surface area contributed by atoms with E-state index in [1.807, 2.05) is 6.92 Å². The van der Waals surface area contributed by atoms with Gasteiger partial charge in [-0.3, -0.25) is 14.3 Å². The van der Waals surface area contributed by atoms with E-state index in [0.717, 1.165) is 6.07 Å². The topological polar surface area (TPSA) is 98.1 Å². The highest BCUT2D eigenvalue weighted by molar-refractivity contribution is 6.05. The zero-order valence-electron chi connectivity index (χ0n) is 16.5. The summed E-state index contributed by atoms with van der Waals surface area (Å²) in [5.74, 6) is -0.779. The van der Waals surface area contributed by atoms with Crippen molar-refractivity contribution in [2.75, 3.05) is 17.2 Å². The number of carbonyl (C=O) groups excluding carboxylic acids is 2. The number of amides is 2. The second kappa shape index (κ2) is 10.1. The van der Waals surface area contributed by atoms with E-state index in [9.17, 15) is 14.0 Å². The molecule has 0 fully saturated rings. The molecule has 2 aromatic carbocycles. The Morgan fingerprint density at radius 1 is 1.13 bits per heavy atom. The molecular weight excluding hydrogens is 389 g/mol. The molecule has 9 heteroatoms. The van der Waals surface area contributed by atoms with Crippen LogP contribution in [0.1, 0.15) is 30.1 Å². The van der Waals surface area contributed by atoms with E-state index >= 15 is 0 Å². The van der Waals surface area contributed by atoms with Gasteiger partial charge < -0.3 is 15.4 Å². The molecule has 2 N–H and O–H groups in total. The van der Waals surface area contributed by atoms with Crippen molar-refractivity contribution in [3.8, 4) is 5.75 Å². The molecule has 0 radical (unpaired) electrons. The number of anilines is 2. The molecule has 3 aromatic rings. The van der Waals surface area contributed by atoms with Gasteiger partial charge in [0, 0.05) is 36.0 Å². The molecule has 0 aliphatic heterocycles. The number of nitrogens with zero attached hydrogens (tertiary/aromatic N) is 3. The maximum atomic E-state index is 14.0. The van der Waals surface area contributed by atoms with Gasteiger partial charge in [-0.05, 0) is 43.7 Å². The molecule has 0 atom stereocenters. The molecule has 0 aliphatic carbocycles. The summed E-state index contributed by atoms with van der Waals surface area (Å²) in [4.78, 5) is 28.5. The largest absolute Gasteiger partial charge is 0.494 e. The molecule has 0 unspecified atom stereocenters. The number of carbonyl (C=O) groups is 2. The van der Waals surface area contributed by atoms with E-state index in [1.54, 1.807) is 35.3 Å². The monoisotopic (exact) mass is 411 g/mol. The van der Waals surface area contributed by atoms with Crippen LogP contribution >= 0.6 is 0 Å². The fourth-order valence-corrected chi connectivity index (χ4v) is 2.80. The van der Waals surface area contributed by atoms with Crippen LogP contribution < -0.4 is 15.4 Å². The van der Waals surface area contributed by atoms with Gasteiger partial charge in [0.2, 0.25) is 5.91 Å². The summed E-state index contributed by atoms with van der Waals surface area (Å²) in [6.45, 7) is 2.91. The molecular formula is C21H22FN5O3. The summed E-state index contributed by atoms with van der Waals surface area (Å²) in [6.07, 6.45) is 3.77. The van der Waals surface area contributed by atoms with E-state index in [0.29, 0.717) is 31.0 Å². The first-order chi connectivity index (χ1) is 14.5. The van der Waals surface area contributed by atoms with Crippen molar-refractivity contribution in [2.24, 2.45) is 0 Å². The normalized spacial score (nSPS) is 10.5. The lowest BCUT2D eigenvalue weighted by atomic mass is 10.1. The van der Waals surface area contributed by atoms with Crippen molar-refractivity contribution < 1.29 is 18.7 Å². The highest BCUT2D eigenvalue weighted by Gasteiger charge is 2.12. The minimum atomic E-state index is -0.622. The molecule has 0 aliphatic rings. The molecule has 30 heavy (non-hydrogen) atoms. The van der Waals surface area contributed by atoms with Crippen LogP contribution in [0.5, 0.6) is 5.75 Å². The maximum absolute atomic E-state index is 14.0. The molecule has 0 saturated heterocycles.